The van der Waals surface area contributed by atoms with Gasteiger partial charge in [-0.05, 0) is 12.1 Å². The van der Waals surface area contributed by atoms with Crippen LogP contribution in [0.1, 0.15) is 5.69 Å². The van der Waals surface area contributed by atoms with Gasteiger partial charge >= 0.3 is 0 Å². The van der Waals surface area contributed by atoms with Gasteiger partial charge in [0.2, 0.25) is 0 Å². The van der Waals surface area contributed by atoms with E-state index in [-0.39, 0.29) is 0 Å². The number of rotatable bonds is 4. The van der Waals surface area contributed by atoms with E-state index >= 15 is 0 Å². The number of thiazole rings is 1. The average molecular weight is 255 g/mol. The minimum Gasteiger partial charge on any atom is -0.396 e. The Morgan fingerprint density at radius 1 is 1.44 bits per heavy atom. The van der Waals surface area contributed by atoms with Gasteiger partial charge in [-0.2, -0.15) is 0 Å². The lowest BCUT2D eigenvalue weighted by atomic mass is 10.3. The van der Waals surface area contributed by atoms with Crippen LogP contribution in [-0.2, 0) is 6.42 Å². The molecule has 0 aliphatic rings. The second-order valence-electron chi connectivity index (χ2n) is 3.23. The highest BCUT2D eigenvalue weighted by Gasteiger charge is 2.01. The number of hydrogen-bond donors (Lipinski definition) is 2. The van der Waals surface area contributed by atoms with E-state index in [0.717, 1.165) is 18.7 Å². The van der Waals surface area contributed by atoms with E-state index in [9.17, 15) is 0 Å². The topological polar surface area (TPSA) is 63.8 Å². The van der Waals surface area contributed by atoms with Gasteiger partial charge in [0.05, 0.1) is 16.9 Å². The molecule has 2 heterocycles. The standard InChI is InChI=1S/C10H11ClN4S/c11-9-2-1-8(12)10(15-9)13-4-3-7-5-16-6-14-7/h1-2,5-6H,3-4,12H2,(H,13,15). The summed E-state index contributed by atoms with van der Waals surface area (Å²) in [6, 6.07) is 3.41. The van der Waals surface area contributed by atoms with E-state index in [1.165, 1.54) is 0 Å². The van der Waals surface area contributed by atoms with Gasteiger partial charge in [0.1, 0.15) is 5.15 Å². The number of pyridine rings is 1. The molecule has 16 heavy (non-hydrogen) atoms. The van der Waals surface area contributed by atoms with Crippen LogP contribution < -0.4 is 11.1 Å². The summed E-state index contributed by atoms with van der Waals surface area (Å²) in [4.78, 5) is 8.29. The Labute approximate surface area is 102 Å². The van der Waals surface area contributed by atoms with Crippen LogP contribution in [0.4, 0.5) is 11.5 Å². The van der Waals surface area contributed by atoms with E-state index in [0.29, 0.717) is 16.7 Å². The molecule has 0 aromatic carbocycles. The zero-order valence-corrected chi connectivity index (χ0v) is 10.1. The Morgan fingerprint density at radius 2 is 2.31 bits per heavy atom. The van der Waals surface area contributed by atoms with Crippen LogP contribution in [0.2, 0.25) is 5.15 Å². The number of nitrogens with zero attached hydrogens (tertiary/aromatic N) is 2. The average Bonchev–Trinajstić information content (AvgIpc) is 2.76. The molecule has 6 heteroatoms. The van der Waals surface area contributed by atoms with Crippen molar-refractivity contribution in [3.05, 3.63) is 33.9 Å². The molecule has 84 valence electrons. The van der Waals surface area contributed by atoms with Crippen LogP contribution in [0.3, 0.4) is 0 Å². The molecule has 0 aliphatic heterocycles. The second kappa shape index (κ2) is 5.14. The Balaban J connectivity index is 1.92. The number of nitrogen functional groups attached to an aromatic ring is 1. The van der Waals surface area contributed by atoms with Gasteiger partial charge < -0.3 is 11.1 Å². The molecule has 0 aliphatic carbocycles. The van der Waals surface area contributed by atoms with Crippen molar-refractivity contribution < 1.29 is 0 Å². The zero-order chi connectivity index (χ0) is 11.4. The van der Waals surface area contributed by atoms with E-state index in [1.54, 1.807) is 23.5 Å². The van der Waals surface area contributed by atoms with Crippen molar-refractivity contribution >= 4 is 34.4 Å². The van der Waals surface area contributed by atoms with E-state index in [4.69, 9.17) is 17.3 Å². The summed E-state index contributed by atoms with van der Waals surface area (Å²) in [6.07, 6.45) is 0.844. The summed E-state index contributed by atoms with van der Waals surface area (Å²) in [5.41, 5.74) is 9.24. The van der Waals surface area contributed by atoms with Crippen LogP contribution in [0.5, 0.6) is 0 Å². The van der Waals surface area contributed by atoms with Crippen molar-refractivity contribution in [3.8, 4) is 0 Å². The third kappa shape index (κ3) is 2.84. The fourth-order valence-corrected chi connectivity index (χ4v) is 2.00. The first kappa shape index (κ1) is 11.2. The molecular weight excluding hydrogens is 244 g/mol. The van der Waals surface area contributed by atoms with Crippen LogP contribution in [0.25, 0.3) is 0 Å². The lowest BCUT2D eigenvalue weighted by molar-refractivity contribution is 0.969. The van der Waals surface area contributed by atoms with Crippen molar-refractivity contribution in [1.82, 2.24) is 9.97 Å². The summed E-state index contributed by atoms with van der Waals surface area (Å²) >= 11 is 7.37. The fraction of sp³-hybridized carbons (Fsp3) is 0.200. The summed E-state index contributed by atoms with van der Waals surface area (Å²) in [6.45, 7) is 0.737. The highest BCUT2D eigenvalue weighted by Crippen LogP contribution is 2.18. The van der Waals surface area contributed by atoms with E-state index in [1.807, 2.05) is 10.9 Å². The minimum atomic E-state index is 0.436. The first-order valence-corrected chi connectivity index (χ1v) is 6.11. The molecule has 2 aromatic heterocycles. The molecular formula is C10H11ClN4S. The van der Waals surface area contributed by atoms with Crippen LogP contribution >= 0.6 is 22.9 Å². The van der Waals surface area contributed by atoms with Gasteiger partial charge in [0.25, 0.3) is 0 Å². The Hall–Kier alpha value is -1.33. The Bertz CT molecular complexity index is 458. The van der Waals surface area contributed by atoms with Gasteiger partial charge in [-0.25, -0.2) is 9.97 Å². The molecule has 3 N–H and O–H groups in total. The lowest BCUT2D eigenvalue weighted by Gasteiger charge is -2.07. The van der Waals surface area contributed by atoms with E-state index < -0.39 is 0 Å². The van der Waals surface area contributed by atoms with Crippen molar-refractivity contribution in [3.63, 3.8) is 0 Å². The number of halogens is 1. The van der Waals surface area contributed by atoms with Crippen molar-refractivity contribution in [1.29, 1.82) is 0 Å². The predicted molar refractivity (Wildman–Crippen MR) is 68.0 cm³/mol. The van der Waals surface area contributed by atoms with Crippen molar-refractivity contribution in [2.45, 2.75) is 6.42 Å². The quantitative estimate of drug-likeness (QED) is 0.823. The highest BCUT2D eigenvalue weighted by atomic mass is 35.5. The second-order valence-corrected chi connectivity index (χ2v) is 4.33. The molecule has 2 rings (SSSR count). The first-order chi connectivity index (χ1) is 7.75. The van der Waals surface area contributed by atoms with Crippen molar-refractivity contribution in [2.24, 2.45) is 0 Å². The number of aromatic nitrogens is 2. The van der Waals surface area contributed by atoms with Gasteiger partial charge in [-0.1, -0.05) is 11.6 Å². The summed E-state index contributed by atoms with van der Waals surface area (Å²) in [7, 11) is 0. The third-order valence-electron chi connectivity index (χ3n) is 2.05. The van der Waals surface area contributed by atoms with Gasteiger partial charge in [-0.3, -0.25) is 0 Å². The summed E-state index contributed by atoms with van der Waals surface area (Å²) in [5.74, 6) is 0.628. The van der Waals surface area contributed by atoms with Gasteiger partial charge in [0.15, 0.2) is 5.82 Å². The zero-order valence-electron chi connectivity index (χ0n) is 8.48. The number of anilines is 2. The van der Waals surface area contributed by atoms with E-state index in [2.05, 4.69) is 15.3 Å². The molecule has 0 atom stereocenters. The number of nitrogens with one attached hydrogen (secondary N) is 1. The minimum absolute atomic E-state index is 0.436. The molecule has 0 unspecified atom stereocenters. The molecule has 0 spiro atoms. The highest BCUT2D eigenvalue weighted by molar-refractivity contribution is 7.07. The van der Waals surface area contributed by atoms with Crippen molar-refractivity contribution in [2.75, 3.05) is 17.6 Å². The van der Waals surface area contributed by atoms with Gasteiger partial charge in [-0.15, -0.1) is 11.3 Å². The lowest BCUT2D eigenvalue weighted by Crippen LogP contribution is -2.08. The maximum Gasteiger partial charge on any atom is 0.150 e. The third-order valence-corrected chi connectivity index (χ3v) is 2.90. The van der Waals surface area contributed by atoms with Crippen LogP contribution in [0, 0.1) is 0 Å². The molecule has 0 bridgehead atoms. The molecule has 0 amide bonds. The van der Waals surface area contributed by atoms with Gasteiger partial charge in [0, 0.05) is 18.3 Å². The summed E-state index contributed by atoms with van der Waals surface area (Å²) < 4.78 is 0. The first-order valence-electron chi connectivity index (χ1n) is 4.78. The SMILES string of the molecule is Nc1ccc(Cl)nc1NCCc1cscn1. The molecule has 0 radical (unpaired) electrons. The molecule has 0 saturated heterocycles. The number of hydrogen-bond acceptors (Lipinski definition) is 5. The predicted octanol–water partition coefficient (Wildman–Crippen LogP) is 2.43. The molecule has 4 nitrogen and oxygen atoms in total. The Kier molecular flexibility index (Phi) is 3.58. The maximum absolute atomic E-state index is 5.78. The molecule has 0 saturated carbocycles. The maximum atomic E-state index is 5.78. The van der Waals surface area contributed by atoms with Crippen LogP contribution in [0.15, 0.2) is 23.0 Å². The Morgan fingerprint density at radius 3 is 3.06 bits per heavy atom. The fourth-order valence-electron chi connectivity index (χ4n) is 1.26. The van der Waals surface area contributed by atoms with Crippen LogP contribution in [-0.4, -0.2) is 16.5 Å². The smallest absolute Gasteiger partial charge is 0.150 e. The summed E-state index contributed by atoms with van der Waals surface area (Å²) in [5, 5.41) is 5.60. The molecule has 0 fully saturated rings. The largest absolute Gasteiger partial charge is 0.396 e. The number of nitrogens with two attached hydrogens (primary N) is 1. The normalized spacial score (nSPS) is 10.3. The monoisotopic (exact) mass is 254 g/mol. The molecule has 2 aromatic rings.